The summed E-state index contributed by atoms with van der Waals surface area (Å²) >= 11 is 0. The zero-order chi connectivity index (χ0) is 15.8. The summed E-state index contributed by atoms with van der Waals surface area (Å²) in [4.78, 5) is 24.6. The highest BCUT2D eigenvalue weighted by atomic mass is 16.4. The third-order valence-electron chi connectivity index (χ3n) is 3.23. The Balaban J connectivity index is 2.79. The number of carbonyl (C=O) groups is 2. The van der Waals surface area contributed by atoms with E-state index in [-0.39, 0.29) is 25.0 Å². The quantitative estimate of drug-likeness (QED) is 0.809. The number of benzene rings is 1. The standard InChI is InChI=1S/C16H24N2O3/c1-4-7-13-8-5-6-9-14(13)17-16(21)18(12(2)3)11-10-15(19)20/h5-6,8-9,12H,4,7,10-11H2,1-3H3,(H,17,21)(H,19,20). The summed E-state index contributed by atoms with van der Waals surface area (Å²) in [6.07, 6.45) is 1.84. The van der Waals surface area contributed by atoms with Crippen molar-refractivity contribution in [2.75, 3.05) is 11.9 Å². The number of aryl methyl sites for hydroxylation is 1. The molecule has 1 aromatic carbocycles. The Morgan fingerprint density at radius 2 is 1.95 bits per heavy atom. The Labute approximate surface area is 126 Å². The smallest absolute Gasteiger partial charge is 0.322 e. The van der Waals surface area contributed by atoms with Crippen LogP contribution in [0.5, 0.6) is 0 Å². The Kier molecular flexibility index (Phi) is 6.72. The Bertz CT molecular complexity index is 486. The van der Waals surface area contributed by atoms with Gasteiger partial charge in [-0.2, -0.15) is 0 Å². The van der Waals surface area contributed by atoms with Crippen LogP contribution in [0.25, 0.3) is 0 Å². The van der Waals surface area contributed by atoms with E-state index in [2.05, 4.69) is 12.2 Å². The van der Waals surface area contributed by atoms with Crippen LogP contribution in [-0.2, 0) is 11.2 Å². The van der Waals surface area contributed by atoms with Crippen molar-refractivity contribution in [1.29, 1.82) is 0 Å². The second-order valence-electron chi connectivity index (χ2n) is 5.27. The number of carbonyl (C=O) groups excluding carboxylic acids is 1. The summed E-state index contributed by atoms with van der Waals surface area (Å²) < 4.78 is 0. The van der Waals surface area contributed by atoms with Gasteiger partial charge in [-0.05, 0) is 31.9 Å². The fraction of sp³-hybridized carbons (Fsp3) is 0.500. The molecule has 116 valence electrons. The van der Waals surface area contributed by atoms with Gasteiger partial charge < -0.3 is 15.3 Å². The van der Waals surface area contributed by atoms with Crippen LogP contribution in [0.3, 0.4) is 0 Å². The molecule has 1 rings (SSSR count). The van der Waals surface area contributed by atoms with E-state index in [0.717, 1.165) is 24.1 Å². The lowest BCUT2D eigenvalue weighted by atomic mass is 10.1. The molecule has 0 unspecified atom stereocenters. The molecule has 0 aliphatic carbocycles. The maximum atomic E-state index is 12.3. The van der Waals surface area contributed by atoms with Gasteiger partial charge in [0.05, 0.1) is 6.42 Å². The Morgan fingerprint density at radius 1 is 1.29 bits per heavy atom. The molecule has 0 saturated heterocycles. The van der Waals surface area contributed by atoms with Gasteiger partial charge in [0.15, 0.2) is 0 Å². The molecule has 0 heterocycles. The molecule has 0 atom stereocenters. The highest BCUT2D eigenvalue weighted by molar-refractivity contribution is 5.90. The van der Waals surface area contributed by atoms with Crippen LogP contribution in [0, 0.1) is 0 Å². The summed E-state index contributed by atoms with van der Waals surface area (Å²) in [6, 6.07) is 7.39. The number of hydrogen-bond acceptors (Lipinski definition) is 2. The molecule has 5 nitrogen and oxygen atoms in total. The first-order valence-corrected chi connectivity index (χ1v) is 7.33. The van der Waals surface area contributed by atoms with E-state index in [1.807, 2.05) is 38.1 Å². The number of urea groups is 1. The number of aliphatic carboxylic acids is 1. The number of rotatable bonds is 7. The molecule has 0 radical (unpaired) electrons. The zero-order valence-electron chi connectivity index (χ0n) is 12.9. The molecule has 2 N–H and O–H groups in total. The van der Waals surface area contributed by atoms with Gasteiger partial charge in [-0.15, -0.1) is 0 Å². The van der Waals surface area contributed by atoms with Crippen molar-refractivity contribution in [2.24, 2.45) is 0 Å². The van der Waals surface area contributed by atoms with Gasteiger partial charge in [0.25, 0.3) is 0 Å². The van der Waals surface area contributed by atoms with E-state index < -0.39 is 5.97 Å². The van der Waals surface area contributed by atoms with Gasteiger partial charge in [0, 0.05) is 18.3 Å². The van der Waals surface area contributed by atoms with E-state index in [9.17, 15) is 9.59 Å². The molecular weight excluding hydrogens is 268 g/mol. The SMILES string of the molecule is CCCc1ccccc1NC(=O)N(CCC(=O)O)C(C)C. The van der Waals surface area contributed by atoms with Crippen molar-refractivity contribution in [3.05, 3.63) is 29.8 Å². The number of hydrogen-bond donors (Lipinski definition) is 2. The van der Waals surface area contributed by atoms with Crippen LogP contribution in [0.4, 0.5) is 10.5 Å². The summed E-state index contributed by atoms with van der Waals surface area (Å²) in [6.45, 7) is 6.04. The fourth-order valence-electron chi connectivity index (χ4n) is 2.13. The van der Waals surface area contributed by atoms with Gasteiger partial charge >= 0.3 is 12.0 Å². The first kappa shape index (κ1) is 17.0. The second-order valence-corrected chi connectivity index (χ2v) is 5.27. The van der Waals surface area contributed by atoms with Gasteiger partial charge in [0.2, 0.25) is 0 Å². The summed E-state index contributed by atoms with van der Waals surface area (Å²) in [5, 5.41) is 11.7. The van der Waals surface area contributed by atoms with E-state index in [4.69, 9.17) is 5.11 Å². The molecule has 2 amide bonds. The number of nitrogens with one attached hydrogen (secondary N) is 1. The fourth-order valence-corrected chi connectivity index (χ4v) is 2.13. The minimum atomic E-state index is -0.903. The maximum absolute atomic E-state index is 12.3. The third kappa shape index (κ3) is 5.45. The van der Waals surface area contributed by atoms with Crippen molar-refractivity contribution in [3.63, 3.8) is 0 Å². The van der Waals surface area contributed by atoms with Gasteiger partial charge in [-0.1, -0.05) is 31.5 Å². The van der Waals surface area contributed by atoms with Crippen LogP contribution >= 0.6 is 0 Å². The van der Waals surface area contributed by atoms with Crippen LogP contribution in [-0.4, -0.2) is 34.6 Å². The third-order valence-corrected chi connectivity index (χ3v) is 3.23. The lowest BCUT2D eigenvalue weighted by Gasteiger charge is -2.27. The predicted molar refractivity (Wildman–Crippen MR) is 83.6 cm³/mol. The molecule has 0 spiro atoms. The van der Waals surface area contributed by atoms with Crippen molar-refractivity contribution >= 4 is 17.7 Å². The predicted octanol–water partition coefficient (Wildman–Crippen LogP) is 3.36. The average molecular weight is 292 g/mol. The average Bonchev–Trinajstić information content (AvgIpc) is 2.40. The number of carboxylic acid groups (broad SMARTS) is 1. The largest absolute Gasteiger partial charge is 0.481 e. The van der Waals surface area contributed by atoms with Crippen molar-refractivity contribution in [1.82, 2.24) is 4.90 Å². The normalized spacial score (nSPS) is 10.5. The molecule has 0 fully saturated rings. The Morgan fingerprint density at radius 3 is 2.52 bits per heavy atom. The van der Waals surface area contributed by atoms with Crippen molar-refractivity contribution < 1.29 is 14.7 Å². The first-order chi connectivity index (χ1) is 9.95. The van der Waals surface area contributed by atoms with Crippen LogP contribution in [0.1, 0.15) is 39.2 Å². The Hall–Kier alpha value is -2.04. The number of anilines is 1. The van der Waals surface area contributed by atoms with Crippen molar-refractivity contribution in [2.45, 2.75) is 46.1 Å². The highest BCUT2D eigenvalue weighted by Gasteiger charge is 2.18. The van der Waals surface area contributed by atoms with Gasteiger partial charge in [-0.25, -0.2) is 4.79 Å². The highest BCUT2D eigenvalue weighted by Crippen LogP contribution is 2.18. The van der Waals surface area contributed by atoms with E-state index >= 15 is 0 Å². The molecule has 0 saturated carbocycles. The first-order valence-electron chi connectivity index (χ1n) is 7.33. The lowest BCUT2D eigenvalue weighted by molar-refractivity contribution is -0.137. The van der Waals surface area contributed by atoms with E-state index in [1.54, 1.807) is 0 Å². The maximum Gasteiger partial charge on any atom is 0.322 e. The molecule has 0 aliphatic rings. The summed E-state index contributed by atoms with van der Waals surface area (Å²) in [5.41, 5.74) is 1.89. The number of carboxylic acids is 1. The lowest BCUT2D eigenvalue weighted by Crippen LogP contribution is -2.41. The second kappa shape index (κ2) is 8.29. The van der Waals surface area contributed by atoms with Crippen molar-refractivity contribution in [3.8, 4) is 0 Å². The number of nitrogens with zero attached hydrogens (tertiary/aromatic N) is 1. The van der Waals surface area contributed by atoms with E-state index in [1.165, 1.54) is 4.90 Å². The van der Waals surface area contributed by atoms with Crippen LogP contribution in [0.2, 0.25) is 0 Å². The molecule has 0 bridgehead atoms. The van der Waals surface area contributed by atoms with Crippen LogP contribution in [0.15, 0.2) is 24.3 Å². The van der Waals surface area contributed by atoms with Gasteiger partial charge in [0.1, 0.15) is 0 Å². The summed E-state index contributed by atoms with van der Waals surface area (Å²) in [7, 11) is 0. The van der Waals surface area contributed by atoms with Crippen LogP contribution < -0.4 is 5.32 Å². The topological polar surface area (TPSA) is 69.6 Å². The summed E-state index contributed by atoms with van der Waals surface area (Å²) in [5.74, 6) is -0.903. The number of amides is 2. The molecule has 1 aromatic rings. The zero-order valence-corrected chi connectivity index (χ0v) is 12.9. The molecule has 21 heavy (non-hydrogen) atoms. The molecule has 0 aliphatic heterocycles. The van der Waals surface area contributed by atoms with Gasteiger partial charge in [-0.3, -0.25) is 4.79 Å². The molecule has 5 heteroatoms. The van der Waals surface area contributed by atoms with E-state index in [0.29, 0.717) is 0 Å². The number of para-hydroxylation sites is 1. The molecular formula is C16H24N2O3. The molecule has 0 aromatic heterocycles. The minimum absolute atomic E-state index is 0.0531. The monoisotopic (exact) mass is 292 g/mol. The minimum Gasteiger partial charge on any atom is -0.481 e.